The van der Waals surface area contributed by atoms with Crippen molar-refractivity contribution in [2.45, 2.75) is 19.4 Å². The Balaban J connectivity index is 1.41. The molecule has 0 N–H and O–H groups in total. The van der Waals surface area contributed by atoms with Gasteiger partial charge in [-0.2, -0.15) is 5.10 Å². The van der Waals surface area contributed by atoms with Gasteiger partial charge in [-0.3, -0.25) is 9.58 Å². The summed E-state index contributed by atoms with van der Waals surface area (Å²) in [6.45, 7) is 4.32. The maximum atomic E-state index is 5.74. The molecule has 0 aliphatic carbocycles. The molecule has 0 saturated carbocycles. The molecule has 0 amide bonds. The molecule has 6 nitrogen and oxygen atoms in total. The number of fused-ring (bicyclic) bond motifs is 1. The first kappa shape index (κ1) is 16.3. The molecule has 2 aromatic rings. The molecule has 1 aromatic heterocycles. The lowest BCUT2D eigenvalue weighted by atomic mass is 10.0. The third-order valence-corrected chi connectivity index (χ3v) is 4.95. The van der Waals surface area contributed by atoms with E-state index in [-0.39, 0.29) is 0 Å². The number of rotatable bonds is 5. The van der Waals surface area contributed by atoms with Crippen molar-refractivity contribution in [1.82, 2.24) is 14.7 Å². The molecular formula is C19H25N3O3. The molecule has 1 atom stereocenters. The summed E-state index contributed by atoms with van der Waals surface area (Å²) in [5, 5.41) is 4.27. The van der Waals surface area contributed by atoms with E-state index in [9.17, 15) is 0 Å². The van der Waals surface area contributed by atoms with Crippen LogP contribution in [0.15, 0.2) is 24.5 Å². The minimum absolute atomic E-state index is 0.574. The van der Waals surface area contributed by atoms with Crippen LogP contribution in [-0.2, 0) is 20.0 Å². The molecule has 0 spiro atoms. The Bertz CT molecular complexity index is 726. The number of ether oxygens (including phenoxy) is 3. The molecule has 0 unspecified atom stereocenters. The quantitative estimate of drug-likeness (QED) is 0.833. The van der Waals surface area contributed by atoms with Gasteiger partial charge in [-0.25, -0.2) is 0 Å². The average molecular weight is 343 g/mol. The van der Waals surface area contributed by atoms with Crippen LogP contribution in [0.1, 0.15) is 17.5 Å². The van der Waals surface area contributed by atoms with Crippen molar-refractivity contribution < 1.29 is 14.2 Å². The molecular weight excluding hydrogens is 318 g/mol. The van der Waals surface area contributed by atoms with Gasteiger partial charge in [-0.1, -0.05) is 0 Å². The topological polar surface area (TPSA) is 48.8 Å². The van der Waals surface area contributed by atoms with Gasteiger partial charge in [0.1, 0.15) is 13.2 Å². The molecule has 1 saturated heterocycles. The van der Waals surface area contributed by atoms with Gasteiger partial charge in [-0.05, 0) is 48.6 Å². The summed E-state index contributed by atoms with van der Waals surface area (Å²) in [7, 11) is 3.65. The van der Waals surface area contributed by atoms with E-state index in [1.807, 2.05) is 17.9 Å². The summed E-state index contributed by atoms with van der Waals surface area (Å²) in [5.41, 5.74) is 2.54. The normalized spacial score (nSPS) is 20.0. The van der Waals surface area contributed by atoms with Crippen LogP contribution in [-0.4, -0.2) is 48.1 Å². The first-order valence-corrected chi connectivity index (χ1v) is 8.87. The number of hydrogen-bond acceptors (Lipinski definition) is 5. The number of benzene rings is 1. The van der Waals surface area contributed by atoms with Crippen LogP contribution in [0.2, 0.25) is 0 Å². The molecule has 3 heterocycles. The van der Waals surface area contributed by atoms with Crippen molar-refractivity contribution in [1.29, 1.82) is 0 Å². The van der Waals surface area contributed by atoms with Crippen LogP contribution in [0.3, 0.4) is 0 Å². The second kappa shape index (κ2) is 6.96. The number of methoxy groups -OCH3 is 1. The summed E-state index contributed by atoms with van der Waals surface area (Å²) in [6.07, 6.45) is 6.44. The van der Waals surface area contributed by atoms with E-state index in [1.165, 1.54) is 17.5 Å². The fourth-order valence-corrected chi connectivity index (χ4v) is 3.81. The molecule has 2 aliphatic rings. The predicted octanol–water partition coefficient (Wildman–Crippen LogP) is 2.26. The van der Waals surface area contributed by atoms with Crippen LogP contribution in [0.5, 0.6) is 17.2 Å². The van der Waals surface area contributed by atoms with E-state index in [1.54, 1.807) is 7.11 Å². The van der Waals surface area contributed by atoms with Gasteiger partial charge in [0.05, 0.1) is 13.3 Å². The number of likely N-dealkylation sites (tertiary alicyclic amines) is 1. The molecule has 6 heteroatoms. The van der Waals surface area contributed by atoms with E-state index < -0.39 is 0 Å². The van der Waals surface area contributed by atoms with Crippen LogP contribution in [0, 0.1) is 5.92 Å². The summed E-state index contributed by atoms with van der Waals surface area (Å²) in [4.78, 5) is 2.51. The molecule has 0 radical (unpaired) electrons. The first-order chi connectivity index (χ1) is 12.2. The van der Waals surface area contributed by atoms with Crippen molar-refractivity contribution in [3.63, 3.8) is 0 Å². The summed E-state index contributed by atoms with van der Waals surface area (Å²) >= 11 is 0. The second-order valence-corrected chi connectivity index (χ2v) is 6.94. The van der Waals surface area contributed by atoms with Crippen molar-refractivity contribution in [3.8, 4) is 17.2 Å². The smallest absolute Gasteiger partial charge is 0.203 e. The highest BCUT2D eigenvalue weighted by Gasteiger charge is 2.25. The zero-order chi connectivity index (χ0) is 17.2. The zero-order valence-electron chi connectivity index (χ0n) is 14.9. The highest BCUT2D eigenvalue weighted by Crippen LogP contribution is 2.40. The third-order valence-electron chi connectivity index (χ3n) is 4.95. The molecule has 4 rings (SSSR count). The maximum absolute atomic E-state index is 5.74. The Hall–Kier alpha value is -2.21. The fraction of sp³-hybridized carbons (Fsp3) is 0.526. The van der Waals surface area contributed by atoms with Crippen molar-refractivity contribution in [3.05, 3.63) is 35.7 Å². The van der Waals surface area contributed by atoms with Crippen LogP contribution in [0.4, 0.5) is 0 Å². The van der Waals surface area contributed by atoms with E-state index in [0.717, 1.165) is 43.3 Å². The monoisotopic (exact) mass is 343 g/mol. The SMILES string of the molecule is COc1cc(CN2CC[C@@H](Cc3cnn(C)c3)C2)cc2c1OCCO2. The largest absolute Gasteiger partial charge is 0.493 e. The van der Waals surface area contributed by atoms with E-state index >= 15 is 0 Å². The number of nitrogens with zero attached hydrogens (tertiary/aromatic N) is 3. The molecule has 1 aromatic carbocycles. The first-order valence-electron chi connectivity index (χ1n) is 8.87. The highest BCUT2D eigenvalue weighted by atomic mass is 16.6. The molecule has 25 heavy (non-hydrogen) atoms. The standard InChI is InChI=1S/C19H25N3O3/c1-21-11-16(10-20-21)7-14-3-4-22(12-14)13-15-8-17(23-2)19-18(9-15)24-5-6-25-19/h8-11,14H,3-7,12-13H2,1-2H3/t14-/m0/s1. The number of aryl methyl sites for hydroxylation is 1. The zero-order valence-corrected chi connectivity index (χ0v) is 14.9. The lowest BCUT2D eigenvalue weighted by Crippen LogP contribution is -2.21. The van der Waals surface area contributed by atoms with Gasteiger partial charge in [0.15, 0.2) is 11.5 Å². The predicted molar refractivity (Wildman–Crippen MR) is 94.3 cm³/mol. The Morgan fingerprint density at radius 1 is 1.24 bits per heavy atom. The van der Waals surface area contributed by atoms with E-state index in [2.05, 4.69) is 28.3 Å². The van der Waals surface area contributed by atoms with Crippen molar-refractivity contribution in [2.24, 2.45) is 13.0 Å². The third kappa shape index (κ3) is 3.58. The van der Waals surface area contributed by atoms with Gasteiger partial charge in [0.2, 0.25) is 5.75 Å². The van der Waals surface area contributed by atoms with Gasteiger partial charge < -0.3 is 14.2 Å². The lowest BCUT2D eigenvalue weighted by molar-refractivity contribution is 0.164. The number of aromatic nitrogens is 2. The van der Waals surface area contributed by atoms with Crippen LogP contribution >= 0.6 is 0 Å². The Morgan fingerprint density at radius 2 is 2.12 bits per heavy atom. The number of hydrogen-bond donors (Lipinski definition) is 0. The molecule has 0 bridgehead atoms. The Morgan fingerprint density at radius 3 is 2.92 bits per heavy atom. The summed E-state index contributed by atoms with van der Waals surface area (Å²) < 4.78 is 18.8. The molecule has 2 aliphatic heterocycles. The minimum Gasteiger partial charge on any atom is -0.493 e. The highest BCUT2D eigenvalue weighted by molar-refractivity contribution is 5.54. The second-order valence-electron chi connectivity index (χ2n) is 6.94. The Kier molecular flexibility index (Phi) is 4.53. The van der Waals surface area contributed by atoms with Crippen molar-refractivity contribution in [2.75, 3.05) is 33.4 Å². The van der Waals surface area contributed by atoms with E-state index in [0.29, 0.717) is 19.1 Å². The van der Waals surface area contributed by atoms with Crippen LogP contribution in [0.25, 0.3) is 0 Å². The molecule has 1 fully saturated rings. The Labute approximate surface area is 148 Å². The van der Waals surface area contributed by atoms with Gasteiger partial charge >= 0.3 is 0 Å². The van der Waals surface area contributed by atoms with Crippen molar-refractivity contribution >= 4 is 0 Å². The lowest BCUT2D eigenvalue weighted by Gasteiger charge is -2.23. The summed E-state index contributed by atoms with van der Waals surface area (Å²) in [5.74, 6) is 2.99. The van der Waals surface area contributed by atoms with Gasteiger partial charge in [0.25, 0.3) is 0 Å². The van der Waals surface area contributed by atoms with Crippen LogP contribution < -0.4 is 14.2 Å². The maximum Gasteiger partial charge on any atom is 0.203 e. The minimum atomic E-state index is 0.574. The average Bonchev–Trinajstić information content (AvgIpc) is 3.23. The summed E-state index contributed by atoms with van der Waals surface area (Å²) in [6, 6.07) is 4.16. The van der Waals surface area contributed by atoms with E-state index in [4.69, 9.17) is 14.2 Å². The van der Waals surface area contributed by atoms with Gasteiger partial charge in [0, 0.05) is 26.3 Å². The van der Waals surface area contributed by atoms with Gasteiger partial charge in [-0.15, -0.1) is 0 Å². The molecule has 134 valence electrons. The fourth-order valence-electron chi connectivity index (χ4n) is 3.81.